The van der Waals surface area contributed by atoms with Crippen molar-refractivity contribution in [2.45, 2.75) is 27.7 Å². The van der Waals surface area contributed by atoms with E-state index in [9.17, 15) is 0 Å². The number of carbonyl (C=O) groups excluding carboxylic acids is 1. The lowest BCUT2D eigenvalue weighted by Gasteiger charge is -2.28. The first-order valence-electron chi connectivity index (χ1n) is 4.24. The Morgan fingerprint density at radius 3 is 1.42 bits per heavy atom. The van der Waals surface area contributed by atoms with E-state index >= 15 is 0 Å². The van der Waals surface area contributed by atoms with Crippen LogP contribution in [0.3, 0.4) is 0 Å². The van der Waals surface area contributed by atoms with Crippen LogP contribution in [0.4, 0.5) is 0 Å². The van der Waals surface area contributed by atoms with Crippen molar-refractivity contribution in [2.75, 3.05) is 19.6 Å². The van der Waals surface area contributed by atoms with Crippen molar-refractivity contribution in [3.8, 4) is 0 Å². The summed E-state index contributed by atoms with van der Waals surface area (Å²) in [6.07, 6.45) is 0. The fourth-order valence-corrected chi connectivity index (χ4v) is 0.671. The normalized spacial score (nSPS) is 10.1. The van der Waals surface area contributed by atoms with Gasteiger partial charge in [0.2, 0.25) is 0 Å². The first kappa shape index (κ1) is 13.9. The van der Waals surface area contributed by atoms with Gasteiger partial charge < -0.3 is 9.90 Å². The number of carbonyl (C=O) groups is 1. The standard InChI is InChI=1S/C6H17N2.C2H4O2/c1-4-8(7,5-2)6-3;1-2(3)4/h4-7H2,1-3H3;1H3,(H,3,4)/q+1;/p-1. The van der Waals surface area contributed by atoms with E-state index in [1.807, 2.05) is 0 Å². The van der Waals surface area contributed by atoms with Crippen molar-refractivity contribution < 1.29 is 14.5 Å². The maximum Gasteiger partial charge on any atom is 0.0931 e. The van der Waals surface area contributed by atoms with E-state index in [4.69, 9.17) is 15.7 Å². The van der Waals surface area contributed by atoms with Crippen LogP contribution in [0.1, 0.15) is 27.7 Å². The molecule has 0 atom stereocenters. The number of rotatable bonds is 3. The van der Waals surface area contributed by atoms with Crippen molar-refractivity contribution in [3.63, 3.8) is 0 Å². The molecular formula is C8H20N2O2. The highest BCUT2D eigenvalue weighted by atomic mass is 16.4. The minimum atomic E-state index is -1.08. The number of quaternary nitrogens is 1. The second-order valence-electron chi connectivity index (χ2n) is 2.66. The Kier molecular flexibility index (Phi) is 8.21. The molecule has 0 saturated heterocycles. The minimum absolute atomic E-state index is 0.708. The molecule has 0 spiro atoms. The van der Waals surface area contributed by atoms with Crippen molar-refractivity contribution in [1.29, 1.82) is 0 Å². The van der Waals surface area contributed by atoms with Crippen LogP contribution in [-0.2, 0) is 4.79 Å². The zero-order valence-electron chi connectivity index (χ0n) is 8.46. The van der Waals surface area contributed by atoms with Gasteiger partial charge in [-0.15, -0.1) is 0 Å². The SMILES string of the molecule is CC(=O)[O-].CC[N+](N)(CC)CC. The van der Waals surface area contributed by atoms with Crippen molar-refractivity contribution >= 4 is 5.97 Å². The summed E-state index contributed by atoms with van der Waals surface area (Å²) in [5.74, 6) is 4.75. The predicted molar refractivity (Wildman–Crippen MR) is 46.8 cm³/mol. The van der Waals surface area contributed by atoms with Gasteiger partial charge in [0.1, 0.15) is 0 Å². The molecule has 0 aliphatic carbocycles. The molecule has 0 aromatic rings. The third-order valence-electron chi connectivity index (χ3n) is 1.89. The third kappa shape index (κ3) is 9.39. The van der Waals surface area contributed by atoms with Gasteiger partial charge in [-0.3, -0.25) is 0 Å². The minimum Gasteiger partial charge on any atom is -0.550 e. The topological polar surface area (TPSA) is 66.1 Å². The van der Waals surface area contributed by atoms with E-state index in [1.54, 1.807) is 0 Å². The second kappa shape index (κ2) is 7.06. The van der Waals surface area contributed by atoms with Crippen molar-refractivity contribution in [2.24, 2.45) is 5.84 Å². The van der Waals surface area contributed by atoms with Gasteiger partial charge in [-0.05, 0) is 27.7 Å². The molecule has 0 heterocycles. The number of carboxylic acid groups (broad SMARTS) is 1. The van der Waals surface area contributed by atoms with Crippen LogP contribution in [0.2, 0.25) is 0 Å². The summed E-state index contributed by atoms with van der Waals surface area (Å²) < 4.78 is 0.708. The molecule has 0 aromatic carbocycles. The van der Waals surface area contributed by atoms with Gasteiger partial charge in [-0.2, -0.15) is 5.84 Å². The molecule has 0 saturated carbocycles. The summed E-state index contributed by atoms with van der Waals surface area (Å²) in [6.45, 7) is 10.4. The van der Waals surface area contributed by atoms with Crippen LogP contribution in [-0.4, -0.2) is 30.2 Å². The summed E-state index contributed by atoms with van der Waals surface area (Å²) in [5.41, 5.74) is 0. The summed E-state index contributed by atoms with van der Waals surface area (Å²) in [5, 5.41) is 8.89. The third-order valence-corrected chi connectivity index (χ3v) is 1.89. The zero-order valence-corrected chi connectivity index (χ0v) is 8.46. The molecule has 2 N–H and O–H groups in total. The smallest absolute Gasteiger partial charge is 0.0931 e. The van der Waals surface area contributed by atoms with Crippen LogP contribution in [0.25, 0.3) is 0 Å². The van der Waals surface area contributed by atoms with Crippen LogP contribution >= 0.6 is 0 Å². The molecule has 12 heavy (non-hydrogen) atoms. The number of nitrogens with two attached hydrogens (primary N) is 1. The van der Waals surface area contributed by atoms with Crippen LogP contribution in [0, 0.1) is 0 Å². The highest BCUT2D eigenvalue weighted by Crippen LogP contribution is 1.92. The van der Waals surface area contributed by atoms with Crippen molar-refractivity contribution in [3.05, 3.63) is 0 Å². The average molecular weight is 176 g/mol. The zero-order chi connectivity index (χ0) is 10.2. The Bertz CT molecular complexity index is 110. The number of hydrogen-bond acceptors (Lipinski definition) is 3. The molecule has 0 aliphatic rings. The number of aliphatic carboxylic acids is 1. The molecule has 0 amide bonds. The van der Waals surface area contributed by atoms with Gasteiger partial charge in [0.15, 0.2) is 0 Å². The van der Waals surface area contributed by atoms with Crippen LogP contribution in [0.5, 0.6) is 0 Å². The van der Waals surface area contributed by atoms with E-state index in [-0.39, 0.29) is 0 Å². The molecule has 0 bridgehead atoms. The molecule has 74 valence electrons. The summed E-state index contributed by atoms with van der Waals surface area (Å²) in [7, 11) is 0. The molecular weight excluding hydrogens is 156 g/mol. The van der Waals surface area contributed by atoms with Crippen LogP contribution in [0.15, 0.2) is 0 Å². The molecule has 4 nitrogen and oxygen atoms in total. The summed E-state index contributed by atoms with van der Waals surface area (Å²) in [4.78, 5) is 8.89. The van der Waals surface area contributed by atoms with E-state index in [0.29, 0.717) is 4.59 Å². The summed E-state index contributed by atoms with van der Waals surface area (Å²) >= 11 is 0. The fraction of sp³-hybridized carbons (Fsp3) is 0.875. The number of carboxylic acids is 1. The highest BCUT2D eigenvalue weighted by molar-refractivity contribution is 5.60. The Morgan fingerprint density at radius 1 is 1.25 bits per heavy atom. The number of nitrogens with zero attached hydrogens (tertiary/aromatic N) is 1. The predicted octanol–water partition coefficient (Wildman–Crippen LogP) is -0.507. The van der Waals surface area contributed by atoms with E-state index in [1.165, 1.54) is 0 Å². The Balaban J connectivity index is 0. The largest absolute Gasteiger partial charge is 0.550 e. The first-order chi connectivity index (χ1) is 5.41. The maximum absolute atomic E-state index is 8.89. The van der Waals surface area contributed by atoms with Gasteiger partial charge in [-0.25, -0.2) is 4.59 Å². The summed E-state index contributed by atoms with van der Waals surface area (Å²) in [6, 6.07) is 0. The molecule has 0 unspecified atom stereocenters. The first-order valence-corrected chi connectivity index (χ1v) is 4.24. The molecule has 0 aromatic heterocycles. The molecule has 0 aliphatic heterocycles. The lowest BCUT2D eigenvalue weighted by atomic mass is 10.5. The monoisotopic (exact) mass is 176 g/mol. The van der Waals surface area contributed by atoms with Crippen LogP contribution < -0.4 is 10.9 Å². The highest BCUT2D eigenvalue weighted by Gasteiger charge is 2.12. The van der Waals surface area contributed by atoms with E-state index in [0.717, 1.165) is 26.6 Å². The molecule has 0 radical (unpaired) electrons. The Morgan fingerprint density at radius 2 is 1.42 bits per heavy atom. The van der Waals surface area contributed by atoms with Gasteiger partial charge in [-0.1, -0.05) is 0 Å². The molecule has 0 fully saturated rings. The second-order valence-corrected chi connectivity index (χ2v) is 2.66. The lowest BCUT2D eigenvalue weighted by molar-refractivity contribution is -0.935. The van der Waals surface area contributed by atoms with Gasteiger partial charge in [0.25, 0.3) is 0 Å². The van der Waals surface area contributed by atoms with Crippen molar-refractivity contribution in [1.82, 2.24) is 0 Å². The maximum atomic E-state index is 8.89. The number of hydrogen-bond donors (Lipinski definition) is 1. The fourth-order valence-electron chi connectivity index (χ4n) is 0.671. The lowest BCUT2D eigenvalue weighted by Crippen LogP contribution is -2.53. The van der Waals surface area contributed by atoms with E-state index < -0.39 is 5.97 Å². The van der Waals surface area contributed by atoms with Gasteiger partial charge in [0, 0.05) is 5.97 Å². The average Bonchev–Trinajstić information content (AvgIpc) is 2.02. The van der Waals surface area contributed by atoms with Gasteiger partial charge in [0.05, 0.1) is 19.6 Å². The quantitative estimate of drug-likeness (QED) is 0.358. The van der Waals surface area contributed by atoms with E-state index in [2.05, 4.69) is 20.8 Å². The molecule has 0 rings (SSSR count). The molecule has 4 heteroatoms. The Labute approximate surface area is 74.5 Å². The van der Waals surface area contributed by atoms with Gasteiger partial charge >= 0.3 is 0 Å². The Hall–Kier alpha value is -0.610.